The summed E-state index contributed by atoms with van der Waals surface area (Å²) in [4.78, 5) is 25.4. The van der Waals surface area contributed by atoms with Crippen molar-refractivity contribution >= 4 is 44.9 Å². The number of carbonyl (C=O) groups is 2. The average molecular weight is 434 g/mol. The van der Waals surface area contributed by atoms with E-state index < -0.39 is 5.97 Å². The van der Waals surface area contributed by atoms with Gasteiger partial charge in [-0.05, 0) is 74.5 Å². The van der Waals surface area contributed by atoms with Gasteiger partial charge in [0.15, 0.2) is 6.61 Å². The topological polar surface area (TPSA) is 64.6 Å². The third-order valence-corrected chi connectivity index (χ3v) is 8.44. The van der Waals surface area contributed by atoms with Crippen molar-refractivity contribution in [2.45, 2.75) is 44.1 Å². The fourth-order valence-electron chi connectivity index (χ4n) is 6.10. The normalized spacial score (nSPS) is 29.8. The molecule has 1 amide bonds. The maximum Gasteiger partial charge on any atom is 0.350 e. The van der Waals surface area contributed by atoms with E-state index in [1.807, 2.05) is 12.1 Å². The first-order chi connectivity index (χ1) is 13.9. The van der Waals surface area contributed by atoms with Crippen LogP contribution in [0.5, 0.6) is 5.75 Å². The van der Waals surface area contributed by atoms with Crippen LogP contribution in [0.25, 0.3) is 10.1 Å². The molecule has 29 heavy (non-hydrogen) atoms. The lowest BCUT2D eigenvalue weighted by atomic mass is 9.53. The number of hydrogen-bond donors (Lipinski definition) is 1. The van der Waals surface area contributed by atoms with Crippen molar-refractivity contribution < 1.29 is 19.1 Å². The molecule has 4 aliphatic carbocycles. The number of methoxy groups -OCH3 is 1. The minimum absolute atomic E-state index is 0.0793. The lowest BCUT2D eigenvalue weighted by molar-refractivity contribution is -0.130. The van der Waals surface area contributed by atoms with Crippen molar-refractivity contribution in [2.75, 3.05) is 13.7 Å². The zero-order valence-electron chi connectivity index (χ0n) is 16.3. The second kappa shape index (κ2) is 7.17. The molecule has 0 radical (unpaired) electrons. The van der Waals surface area contributed by atoms with Gasteiger partial charge in [0.25, 0.3) is 5.91 Å². The molecule has 1 aromatic carbocycles. The fourth-order valence-corrected chi connectivity index (χ4v) is 7.53. The Labute approximate surface area is 178 Å². The molecular weight excluding hydrogens is 410 g/mol. The van der Waals surface area contributed by atoms with Crippen LogP contribution in [0.3, 0.4) is 0 Å². The van der Waals surface area contributed by atoms with Crippen molar-refractivity contribution in [3.8, 4) is 5.75 Å². The number of hydrogen-bond acceptors (Lipinski definition) is 5. The Morgan fingerprint density at radius 3 is 2.45 bits per heavy atom. The lowest BCUT2D eigenvalue weighted by Gasteiger charge is -2.56. The number of nitrogens with one attached hydrogen (secondary N) is 1. The highest BCUT2D eigenvalue weighted by Crippen LogP contribution is 2.55. The van der Waals surface area contributed by atoms with E-state index in [0.29, 0.717) is 15.6 Å². The van der Waals surface area contributed by atoms with Gasteiger partial charge in [0.05, 0.1) is 12.1 Å². The molecule has 4 bridgehead atoms. The van der Waals surface area contributed by atoms with Gasteiger partial charge in [-0.2, -0.15) is 0 Å². The van der Waals surface area contributed by atoms with Crippen LogP contribution in [0.1, 0.15) is 48.2 Å². The van der Waals surface area contributed by atoms with Gasteiger partial charge in [0.1, 0.15) is 10.6 Å². The largest absolute Gasteiger partial charge is 0.497 e. The molecule has 2 aromatic rings. The van der Waals surface area contributed by atoms with Crippen LogP contribution < -0.4 is 10.1 Å². The highest BCUT2D eigenvalue weighted by molar-refractivity contribution is 7.21. The first-order valence-electron chi connectivity index (χ1n) is 10.2. The average Bonchev–Trinajstić information content (AvgIpc) is 3.00. The molecule has 0 saturated heterocycles. The maximum absolute atomic E-state index is 12.6. The summed E-state index contributed by atoms with van der Waals surface area (Å²) in [5.74, 6) is 2.18. The first kappa shape index (κ1) is 19.2. The number of carbonyl (C=O) groups excluding carboxylic acids is 2. The van der Waals surface area contributed by atoms with Crippen molar-refractivity contribution in [1.82, 2.24) is 5.32 Å². The molecule has 0 unspecified atom stereocenters. The molecule has 4 aliphatic rings. The number of esters is 1. The summed E-state index contributed by atoms with van der Waals surface area (Å²) in [6.07, 6.45) is 7.17. The summed E-state index contributed by atoms with van der Waals surface area (Å²) < 4.78 is 11.4. The monoisotopic (exact) mass is 433 g/mol. The lowest BCUT2D eigenvalue weighted by Crippen LogP contribution is -2.60. The van der Waals surface area contributed by atoms with E-state index in [1.54, 1.807) is 13.2 Å². The van der Waals surface area contributed by atoms with Gasteiger partial charge in [-0.1, -0.05) is 11.6 Å². The number of halogens is 1. The van der Waals surface area contributed by atoms with E-state index in [1.165, 1.54) is 30.6 Å². The molecule has 5 nitrogen and oxygen atoms in total. The molecule has 1 N–H and O–H groups in total. The van der Waals surface area contributed by atoms with Gasteiger partial charge >= 0.3 is 5.97 Å². The van der Waals surface area contributed by atoms with Crippen LogP contribution in [0.15, 0.2) is 18.2 Å². The third kappa shape index (κ3) is 3.50. The highest BCUT2D eigenvalue weighted by Gasteiger charge is 2.51. The van der Waals surface area contributed by atoms with Gasteiger partial charge in [-0.15, -0.1) is 11.3 Å². The standard InChI is InChI=1S/C22H24ClNO4S/c1-27-15-2-3-16-17(7-15)29-20(19(16)23)21(26)28-11-18(25)24-22-8-12-4-13(9-22)6-14(5-12)10-22/h2-3,7,12-14H,4-6,8-11H2,1H3,(H,24,25). The van der Waals surface area contributed by atoms with E-state index in [-0.39, 0.29) is 18.1 Å². The number of ether oxygens (including phenoxy) is 2. The van der Waals surface area contributed by atoms with Crippen LogP contribution in [-0.4, -0.2) is 31.1 Å². The van der Waals surface area contributed by atoms with E-state index in [0.717, 1.165) is 47.1 Å². The molecule has 7 heteroatoms. The minimum Gasteiger partial charge on any atom is -0.497 e. The summed E-state index contributed by atoms with van der Waals surface area (Å²) in [5, 5.41) is 4.37. The van der Waals surface area contributed by atoms with Gasteiger partial charge in [-0.3, -0.25) is 4.79 Å². The quantitative estimate of drug-likeness (QED) is 0.687. The molecule has 0 spiro atoms. The van der Waals surface area contributed by atoms with Crippen LogP contribution in [-0.2, 0) is 9.53 Å². The molecule has 1 aromatic heterocycles. The summed E-state index contributed by atoms with van der Waals surface area (Å²) in [7, 11) is 1.59. The highest BCUT2D eigenvalue weighted by atomic mass is 35.5. The number of rotatable bonds is 5. The maximum atomic E-state index is 12.6. The summed E-state index contributed by atoms with van der Waals surface area (Å²) in [6.45, 7) is -0.269. The van der Waals surface area contributed by atoms with Crippen molar-refractivity contribution in [3.63, 3.8) is 0 Å². The van der Waals surface area contributed by atoms with Crippen LogP contribution in [0.4, 0.5) is 0 Å². The number of fused-ring (bicyclic) bond motifs is 1. The predicted octanol–water partition coefficient (Wildman–Crippen LogP) is 4.81. The smallest absolute Gasteiger partial charge is 0.350 e. The van der Waals surface area contributed by atoms with Crippen LogP contribution in [0.2, 0.25) is 5.02 Å². The predicted molar refractivity (Wildman–Crippen MR) is 113 cm³/mol. The Bertz CT molecular complexity index is 949. The van der Waals surface area contributed by atoms with Gasteiger partial charge < -0.3 is 14.8 Å². The molecule has 6 rings (SSSR count). The third-order valence-electron chi connectivity index (χ3n) is 6.80. The van der Waals surface area contributed by atoms with Gasteiger partial charge in [-0.25, -0.2) is 4.79 Å². The Hall–Kier alpha value is -1.79. The van der Waals surface area contributed by atoms with Crippen molar-refractivity contribution in [2.24, 2.45) is 17.8 Å². The summed E-state index contributed by atoms with van der Waals surface area (Å²) in [6, 6.07) is 5.46. The SMILES string of the molecule is COc1ccc2c(Cl)c(C(=O)OCC(=O)NC34CC5CC(CC(C5)C3)C4)sc2c1. The van der Waals surface area contributed by atoms with Crippen molar-refractivity contribution in [1.29, 1.82) is 0 Å². The van der Waals surface area contributed by atoms with E-state index >= 15 is 0 Å². The Morgan fingerprint density at radius 2 is 1.83 bits per heavy atom. The van der Waals surface area contributed by atoms with E-state index in [9.17, 15) is 9.59 Å². The minimum atomic E-state index is -0.559. The first-order valence-corrected chi connectivity index (χ1v) is 11.4. The number of amides is 1. The van der Waals surface area contributed by atoms with Gasteiger partial charge in [0, 0.05) is 15.6 Å². The second-order valence-electron chi connectivity index (χ2n) is 8.93. The Morgan fingerprint density at radius 1 is 1.17 bits per heavy atom. The van der Waals surface area contributed by atoms with Crippen LogP contribution >= 0.6 is 22.9 Å². The molecule has 0 aliphatic heterocycles. The molecule has 4 saturated carbocycles. The zero-order valence-corrected chi connectivity index (χ0v) is 17.9. The molecular formula is C22H24ClNO4S. The van der Waals surface area contributed by atoms with Crippen LogP contribution in [0, 0.1) is 17.8 Å². The zero-order chi connectivity index (χ0) is 20.2. The fraction of sp³-hybridized carbons (Fsp3) is 0.545. The van der Waals surface area contributed by atoms with E-state index in [4.69, 9.17) is 21.1 Å². The number of thiophene rings is 1. The Balaban J connectivity index is 1.23. The molecule has 154 valence electrons. The molecule has 1 heterocycles. The summed E-state index contributed by atoms with van der Waals surface area (Å²) >= 11 is 7.63. The summed E-state index contributed by atoms with van der Waals surface area (Å²) in [5.41, 5.74) is -0.0793. The molecule has 4 fully saturated rings. The Kier molecular flexibility index (Phi) is 4.74. The molecule has 0 atom stereocenters. The number of benzene rings is 1. The van der Waals surface area contributed by atoms with Crippen molar-refractivity contribution in [3.05, 3.63) is 28.1 Å². The van der Waals surface area contributed by atoms with Gasteiger partial charge in [0.2, 0.25) is 0 Å². The second-order valence-corrected chi connectivity index (χ2v) is 10.4. The van der Waals surface area contributed by atoms with E-state index in [2.05, 4.69) is 5.32 Å².